The number of pyridine rings is 1. The van der Waals surface area contributed by atoms with E-state index in [1.54, 1.807) is 0 Å². The van der Waals surface area contributed by atoms with Crippen LogP contribution >= 0.6 is 0 Å². The van der Waals surface area contributed by atoms with Crippen LogP contribution in [0.3, 0.4) is 0 Å². The molecule has 4 heterocycles. The van der Waals surface area contributed by atoms with Crippen LogP contribution in [0, 0.1) is 11.6 Å². The quantitative estimate of drug-likeness (QED) is 0.137. The summed E-state index contributed by atoms with van der Waals surface area (Å²) in [5.41, 5.74) is 15.6. The van der Waals surface area contributed by atoms with Crippen LogP contribution in [0.4, 0.5) is 31.5 Å². The Morgan fingerprint density at radius 1 is 0.462 bits per heavy atom. The fraction of sp³-hybridized carbons (Fsp3) is 0.157. The van der Waals surface area contributed by atoms with Crippen LogP contribution in [0.25, 0.3) is 77.4 Å². The molecule has 0 bridgehead atoms. The van der Waals surface area contributed by atoms with Crippen LogP contribution in [0.15, 0.2) is 206 Å². The topological polar surface area (TPSA) is 38.5 Å². The van der Waals surface area contributed by atoms with Crippen molar-refractivity contribution >= 4 is 66.4 Å². The standard InChI is InChI=1S/C70H59F2N5O/c1-43(2)45-31-46(44(3)4)33-47(32-45)56-20-16-21-57(48-34-50(71)37-51(72)35-48)69(56)75-42-74(65-25-14-15-26-66(65)75)52-38-53(76-62-22-11-8-17-58(62)59-18-9-12-23-63(59)76)40-55(39-52)78-54-27-28-61-60-19-10-13-24-64(60)77(67(61)41-54)68-36-49(29-30-73-68)70(5,6)7/h8-41,43-44H,42H2,1-7H3. The maximum absolute atomic E-state index is 15.4. The van der Waals surface area contributed by atoms with Gasteiger partial charge in [0.25, 0.3) is 0 Å². The third-order valence-corrected chi connectivity index (χ3v) is 15.6. The van der Waals surface area contributed by atoms with E-state index in [2.05, 4.69) is 237 Å². The molecular formula is C70H59F2N5O. The maximum Gasteiger partial charge on any atom is 0.137 e. The minimum Gasteiger partial charge on any atom is -0.457 e. The molecule has 0 radical (unpaired) electrons. The lowest BCUT2D eigenvalue weighted by molar-refractivity contribution is 0.483. The molecule has 1 aliphatic rings. The van der Waals surface area contributed by atoms with Gasteiger partial charge < -0.3 is 19.1 Å². The Morgan fingerprint density at radius 2 is 1.00 bits per heavy atom. The van der Waals surface area contributed by atoms with Crippen LogP contribution in [-0.2, 0) is 5.41 Å². The van der Waals surface area contributed by atoms with Crippen LogP contribution in [0.1, 0.15) is 77.0 Å². The van der Waals surface area contributed by atoms with E-state index in [0.717, 1.165) is 101 Å². The number of ether oxygens (including phenoxy) is 1. The summed E-state index contributed by atoms with van der Waals surface area (Å²) < 4.78 is 42.6. The number of anilines is 4. The Hall–Kier alpha value is -9.01. The third-order valence-electron chi connectivity index (χ3n) is 15.6. The molecule has 13 rings (SSSR count). The molecule has 0 saturated heterocycles. The lowest BCUT2D eigenvalue weighted by atomic mass is 9.88. The SMILES string of the molecule is CC(C)c1cc(-c2cccc(-c3cc(F)cc(F)c3)c2N2CN(c3cc(Oc4ccc5c6ccccc6n(-c6cc(C(C)(C)C)ccn6)c5c4)cc(-n4c5ccccc5c5ccccc54)c3)c3ccccc32)cc(C(C)C)c1. The highest BCUT2D eigenvalue weighted by molar-refractivity contribution is 6.10. The Balaban J connectivity index is 1.01. The van der Waals surface area contributed by atoms with Crippen molar-refractivity contribution in [3.8, 4) is 45.3 Å². The average Bonchev–Trinajstić information content (AvgIpc) is 4.33. The van der Waals surface area contributed by atoms with E-state index in [9.17, 15) is 0 Å². The molecule has 9 aromatic carbocycles. The highest BCUT2D eigenvalue weighted by Crippen LogP contribution is 2.52. The molecule has 78 heavy (non-hydrogen) atoms. The first-order valence-corrected chi connectivity index (χ1v) is 27.0. The summed E-state index contributed by atoms with van der Waals surface area (Å²) in [6.45, 7) is 15.9. The molecule has 8 heteroatoms. The summed E-state index contributed by atoms with van der Waals surface area (Å²) in [5, 5.41) is 4.55. The molecule has 0 spiro atoms. The van der Waals surface area contributed by atoms with E-state index in [0.29, 0.717) is 23.7 Å². The minimum atomic E-state index is -0.630. The molecule has 0 aliphatic carbocycles. The highest BCUT2D eigenvalue weighted by atomic mass is 19.1. The largest absolute Gasteiger partial charge is 0.457 e. The molecule has 384 valence electrons. The van der Waals surface area contributed by atoms with Gasteiger partial charge in [0.2, 0.25) is 0 Å². The van der Waals surface area contributed by atoms with Gasteiger partial charge in [-0.1, -0.05) is 152 Å². The van der Waals surface area contributed by atoms with Crippen molar-refractivity contribution in [1.82, 2.24) is 14.1 Å². The second-order valence-electron chi connectivity index (χ2n) is 22.4. The Labute approximate surface area is 454 Å². The predicted molar refractivity (Wildman–Crippen MR) is 319 cm³/mol. The van der Waals surface area contributed by atoms with Gasteiger partial charge in [-0.05, 0) is 118 Å². The van der Waals surface area contributed by atoms with Crippen molar-refractivity contribution in [2.75, 3.05) is 16.5 Å². The highest BCUT2D eigenvalue weighted by Gasteiger charge is 2.33. The van der Waals surface area contributed by atoms with Crippen LogP contribution in [0.2, 0.25) is 0 Å². The van der Waals surface area contributed by atoms with Gasteiger partial charge in [-0.15, -0.1) is 0 Å². The van der Waals surface area contributed by atoms with Gasteiger partial charge in [0, 0.05) is 68.8 Å². The first-order valence-electron chi connectivity index (χ1n) is 27.0. The van der Waals surface area contributed by atoms with Gasteiger partial charge in [0.15, 0.2) is 0 Å². The summed E-state index contributed by atoms with van der Waals surface area (Å²) in [4.78, 5) is 9.59. The number of benzene rings is 9. The van der Waals surface area contributed by atoms with Gasteiger partial charge in [0.05, 0.1) is 44.8 Å². The van der Waals surface area contributed by atoms with Crippen molar-refractivity contribution < 1.29 is 13.5 Å². The summed E-state index contributed by atoms with van der Waals surface area (Å²) in [5.74, 6) is 1.48. The molecule has 0 unspecified atom stereocenters. The third kappa shape index (κ3) is 8.43. The first kappa shape index (κ1) is 48.6. The normalized spacial score (nSPS) is 12.8. The van der Waals surface area contributed by atoms with Crippen molar-refractivity contribution in [3.63, 3.8) is 0 Å². The zero-order valence-electron chi connectivity index (χ0n) is 44.9. The fourth-order valence-corrected chi connectivity index (χ4v) is 11.7. The van der Waals surface area contributed by atoms with Gasteiger partial charge in [-0.2, -0.15) is 0 Å². The van der Waals surface area contributed by atoms with E-state index in [1.165, 1.54) is 28.8 Å². The molecule has 0 fully saturated rings. The maximum atomic E-state index is 15.4. The number of halogens is 2. The van der Waals surface area contributed by atoms with Crippen LogP contribution < -0.4 is 14.5 Å². The summed E-state index contributed by atoms with van der Waals surface area (Å²) >= 11 is 0. The molecule has 0 amide bonds. The number of hydrogen-bond donors (Lipinski definition) is 0. The Bertz CT molecular complexity index is 4230. The summed E-state index contributed by atoms with van der Waals surface area (Å²) in [6, 6.07) is 68.0. The molecule has 1 aliphatic heterocycles. The number of hydrogen-bond acceptors (Lipinski definition) is 4. The molecule has 0 saturated carbocycles. The van der Waals surface area contributed by atoms with E-state index in [4.69, 9.17) is 9.72 Å². The predicted octanol–water partition coefficient (Wildman–Crippen LogP) is 19.5. The van der Waals surface area contributed by atoms with Gasteiger partial charge in [0.1, 0.15) is 35.6 Å². The lowest BCUT2D eigenvalue weighted by Gasteiger charge is -2.28. The molecule has 3 aromatic heterocycles. The monoisotopic (exact) mass is 1020 g/mol. The van der Waals surface area contributed by atoms with Gasteiger partial charge >= 0.3 is 0 Å². The smallest absolute Gasteiger partial charge is 0.137 e. The number of nitrogens with zero attached hydrogens (tertiary/aromatic N) is 5. The zero-order valence-corrected chi connectivity index (χ0v) is 44.9. The Kier molecular flexibility index (Phi) is 11.8. The number of fused-ring (bicyclic) bond motifs is 7. The number of rotatable bonds is 10. The summed E-state index contributed by atoms with van der Waals surface area (Å²) in [7, 11) is 0. The molecule has 6 nitrogen and oxygen atoms in total. The van der Waals surface area contributed by atoms with E-state index in [1.807, 2.05) is 18.3 Å². The molecular weight excluding hydrogens is 965 g/mol. The molecule has 0 N–H and O–H groups in total. The van der Waals surface area contributed by atoms with E-state index < -0.39 is 11.6 Å². The van der Waals surface area contributed by atoms with Crippen molar-refractivity contribution in [2.24, 2.45) is 0 Å². The van der Waals surface area contributed by atoms with Crippen molar-refractivity contribution in [3.05, 3.63) is 235 Å². The average molecular weight is 1020 g/mol. The second kappa shape index (κ2) is 18.9. The second-order valence-corrected chi connectivity index (χ2v) is 22.4. The minimum absolute atomic E-state index is 0.0694. The van der Waals surface area contributed by atoms with E-state index in [-0.39, 0.29) is 17.3 Å². The number of aromatic nitrogens is 3. The zero-order chi connectivity index (χ0) is 53.6. The van der Waals surface area contributed by atoms with Crippen molar-refractivity contribution in [2.45, 2.75) is 65.7 Å². The van der Waals surface area contributed by atoms with Gasteiger partial charge in [-0.25, -0.2) is 13.8 Å². The van der Waals surface area contributed by atoms with Crippen LogP contribution in [-0.4, -0.2) is 20.8 Å². The first-order chi connectivity index (χ1) is 37.7. The van der Waals surface area contributed by atoms with Crippen LogP contribution in [0.5, 0.6) is 11.5 Å². The lowest BCUT2D eigenvalue weighted by Crippen LogP contribution is -2.25. The Morgan fingerprint density at radius 3 is 1.60 bits per heavy atom. The fourth-order valence-electron chi connectivity index (χ4n) is 11.7. The summed E-state index contributed by atoms with van der Waals surface area (Å²) in [6.07, 6.45) is 1.91. The molecule has 0 atom stereocenters. The van der Waals surface area contributed by atoms with Crippen molar-refractivity contribution in [1.29, 1.82) is 0 Å². The van der Waals surface area contributed by atoms with E-state index >= 15 is 8.78 Å². The molecule has 12 aromatic rings. The number of para-hydroxylation sites is 6. The van der Waals surface area contributed by atoms with Gasteiger partial charge in [-0.3, -0.25) is 4.57 Å².